The van der Waals surface area contributed by atoms with Crippen molar-refractivity contribution < 1.29 is 19.1 Å². The second-order valence-corrected chi connectivity index (χ2v) is 6.57. The quantitative estimate of drug-likeness (QED) is 0.176. The summed E-state index contributed by atoms with van der Waals surface area (Å²) >= 11 is 0. The lowest BCUT2D eigenvalue weighted by Gasteiger charge is -2.18. The SMILES string of the molecule is C=C/C=C(\N=C/CNC(=O)CC=O)OC(/C=C\N=C)=C1\C=C(C2CC2)C(OC)=CC1. The number of aliphatic imine (C=N–C) groups is 2. The minimum Gasteiger partial charge on any atom is -0.497 e. The highest BCUT2D eigenvalue weighted by atomic mass is 16.5. The molecule has 2 aliphatic rings. The Morgan fingerprint density at radius 1 is 1.40 bits per heavy atom. The van der Waals surface area contributed by atoms with Crippen molar-refractivity contribution >= 4 is 25.1 Å². The van der Waals surface area contributed by atoms with E-state index >= 15 is 0 Å². The fraction of sp³-hybridized carbons (Fsp3) is 0.304. The van der Waals surface area contributed by atoms with Crippen molar-refractivity contribution in [3.8, 4) is 0 Å². The lowest BCUT2D eigenvalue weighted by atomic mass is 9.96. The molecule has 2 rings (SSSR count). The van der Waals surface area contributed by atoms with Gasteiger partial charge in [-0.25, -0.2) is 4.99 Å². The number of allylic oxidation sites excluding steroid dienone is 7. The molecule has 1 amide bonds. The molecule has 0 saturated heterocycles. The molecule has 158 valence electrons. The maximum atomic E-state index is 11.3. The number of carbonyl (C=O) groups is 2. The number of carbonyl (C=O) groups excluding carboxylic acids is 2. The number of amides is 1. The molecule has 0 unspecified atom stereocenters. The van der Waals surface area contributed by atoms with Gasteiger partial charge in [0.05, 0.1) is 20.1 Å². The van der Waals surface area contributed by atoms with Crippen LogP contribution in [-0.4, -0.2) is 38.8 Å². The summed E-state index contributed by atoms with van der Waals surface area (Å²) in [7, 11) is 1.68. The Morgan fingerprint density at radius 3 is 2.83 bits per heavy atom. The normalized spacial score (nSPS) is 18.5. The number of methoxy groups -OCH3 is 1. The van der Waals surface area contributed by atoms with Gasteiger partial charge in [0.2, 0.25) is 11.8 Å². The molecule has 7 nitrogen and oxygen atoms in total. The molecule has 0 bridgehead atoms. The minimum atomic E-state index is -0.366. The van der Waals surface area contributed by atoms with Gasteiger partial charge in [-0.3, -0.25) is 9.79 Å². The molecular formula is C23H27N3O4. The van der Waals surface area contributed by atoms with Crippen molar-refractivity contribution in [2.24, 2.45) is 15.9 Å². The fourth-order valence-electron chi connectivity index (χ4n) is 2.81. The zero-order chi connectivity index (χ0) is 21.8. The van der Waals surface area contributed by atoms with E-state index < -0.39 is 0 Å². The van der Waals surface area contributed by atoms with Gasteiger partial charge < -0.3 is 19.6 Å². The first-order valence-corrected chi connectivity index (χ1v) is 9.68. The Labute approximate surface area is 177 Å². The van der Waals surface area contributed by atoms with Crippen LogP contribution in [0.25, 0.3) is 0 Å². The highest BCUT2D eigenvalue weighted by Gasteiger charge is 2.30. The molecule has 2 aliphatic carbocycles. The van der Waals surface area contributed by atoms with Gasteiger partial charge in [0.25, 0.3) is 0 Å². The van der Waals surface area contributed by atoms with Crippen molar-refractivity contribution in [3.05, 3.63) is 71.7 Å². The smallest absolute Gasteiger partial charge is 0.227 e. The van der Waals surface area contributed by atoms with Crippen LogP contribution in [0.2, 0.25) is 0 Å². The molecule has 1 N–H and O–H groups in total. The second-order valence-electron chi connectivity index (χ2n) is 6.57. The molecule has 1 fully saturated rings. The summed E-state index contributed by atoms with van der Waals surface area (Å²) in [5.74, 6) is 1.95. The maximum Gasteiger partial charge on any atom is 0.227 e. The Morgan fingerprint density at radius 2 is 2.20 bits per heavy atom. The van der Waals surface area contributed by atoms with Crippen molar-refractivity contribution in [2.75, 3.05) is 13.7 Å². The predicted octanol–water partition coefficient (Wildman–Crippen LogP) is 3.55. The fourth-order valence-corrected chi connectivity index (χ4v) is 2.81. The van der Waals surface area contributed by atoms with Crippen LogP contribution in [0.15, 0.2) is 81.7 Å². The van der Waals surface area contributed by atoms with Crippen LogP contribution in [-0.2, 0) is 19.1 Å². The largest absolute Gasteiger partial charge is 0.497 e. The average Bonchev–Trinajstić information content (AvgIpc) is 3.59. The highest BCUT2D eigenvalue weighted by Crippen LogP contribution is 2.43. The summed E-state index contributed by atoms with van der Waals surface area (Å²) in [6.45, 7) is 7.34. The van der Waals surface area contributed by atoms with E-state index in [9.17, 15) is 9.59 Å². The van der Waals surface area contributed by atoms with Gasteiger partial charge in [-0.15, -0.1) is 0 Å². The highest BCUT2D eigenvalue weighted by molar-refractivity contribution is 5.89. The first-order chi connectivity index (χ1) is 14.6. The van der Waals surface area contributed by atoms with E-state index in [1.807, 2.05) is 6.08 Å². The monoisotopic (exact) mass is 409 g/mol. The molecule has 30 heavy (non-hydrogen) atoms. The zero-order valence-electron chi connectivity index (χ0n) is 17.2. The summed E-state index contributed by atoms with van der Waals surface area (Å²) in [4.78, 5) is 29.7. The van der Waals surface area contributed by atoms with Gasteiger partial charge in [0.15, 0.2) is 0 Å². The molecule has 0 heterocycles. The first-order valence-electron chi connectivity index (χ1n) is 9.68. The summed E-state index contributed by atoms with van der Waals surface area (Å²) in [6, 6.07) is 0. The van der Waals surface area contributed by atoms with E-state index in [0.717, 1.165) is 24.2 Å². The predicted molar refractivity (Wildman–Crippen MR) is 118 cm³/mol. The van der Waals surface area contributed by atoms with E-state index in [2.05, 4.69) is 34.7 Å². The third-order valence-corrected chi connectivity index (χ3v) is 4.36. The summed E-state index contributed by atoms with van der Waals surface area (Å²) < 4.78 is 11.5. The molecule has 0 aliphatic heterocycles. The number of hydrogen-bond acceptors (Lipinski definition) is 6. The Hall–Kier alpha value is -3.48. The van der Waals surface area contributed by atoms with Crippen molar-refractivity contribution in [2.45, 2.75) is 25.7 Å². The van der Waals surface area contributed by atoms with Gasteiger partial charge in [0.1, 0.15) is 17.8 Å². The van der Waals surface area contributed by atoms with E-state index in [-0.39, 0.29) is 18.9 Å². The van der Waals surface area contributed by atoms with Crippen LogP contribution in [0.3, 0.4) is 0 Å². The Bertz CT molecular complexity index is 856. The van der Waals surface area contributed by atoms with Gasteiger partial charge >= 0.3 is 0 Å². The lowest BCUT2D eigenvalue weighted by Crippen LogP contribution is -2.25. The minimum absolute atomic E-state index is 0.173. The van der Waals surface area contributed by atoms with Gasteiger partial charge in [-0.1, -0.05) is 12.7 Å². The topological polar surface area (TPSA) is 89.4 Å². The number of ether oxygens (including phenoxy) is 2. The van der Waals surface area contributed by atoms with Crippen LogP contribution in [0, 0.1) is 5.92 Å². The summed E-state index contributed by atoms with van der Waals surface area (Å²) in [6.07, 6.45) is 15.4. The van der Waals surface area contributed by atoms with E-state index in [1.54, 1.807) is 31.5 Å². The van der Waals surface area contributed by atoms with Crippen LogP contribution < -0.4 is 5.32 Å². The number of rotatable bonds is 12. The molecule has 0 spiro atoms. The number of nitrogens with zero attached hydrogens (tertiary/aromatic N) is 2. The summed E-state index contributed by atoms with van der Waals surface area (Å²) in [5.41, 5.74) is 2.15. The lowest BCUT2D eigenvalue weighted by molar-refractivity contribution is -0.123. The van der Waals surface area contributed by atoms with Crippen molar-refractivity contribution in [1.29, 1.82) is 0 Å². The number of aldehydes is 1. The molecule has 1 saturated carbocycles. The van der Waals surface area contributed by atoms with Crippen LogP contribution >= 0.6 is 0 Å². The third-order valence-electron chi connectivity index (χ3n) is 4.36. The van der Waals surface area contributed by atoms with E-state index in [1.165, 1.54) is 11.8 Å². The van der Waals surface area contributed by atoms with Gasteiger partial charge in [-0.05, 0) is 61.3 Å². The number of nitrogens with one attached hydrogen (secondary N) is 1. The average molecular weight is 409 g/mol. The molecule has 0 aromatic carbocycles. The van der Waals surface area contributed by atoms with E-state index in [4.69, 9.17) is 9.47 Å². The molecule has 7 heteroatoms. The molecule has 0 aromatic heterocycles. The standard InChI is InChI=1S/C23H27N3O4/c1-4-5-23(26-14-13-25-22(28)11-15-27)30-20(10-12-24-2)18-8-9-21(29-3)19(16-18)17-6-7-17/h4-5,9-10,12,14-17H,1-2,6-8,11,13H2,3H3,(H,25,28)/b12-10-,20-18-,23-5+,26-14-. The second kappa shape index (κ2) is 12.2. The third kappa shape index (κ3) is 7.16. The van der Waals surface area contributed by atoms with Crippen molar-refractivity contribution in [1.82, 2.24) is 5.32 Å². The Kier molecular flexibility index (Phi) is 9.24. The van der Waals surface area contributed by atoms with Crippen LogP contribution in [0.4, 0.5) is 0 Å². The van der Waals surface area contributed by atoms with Gasteiger partial charge in [-0.2, -0.15) is 0 Å². The Balaban J connectivity index is 2.21. The molecule has 0 radical (unpaired) electrons. The molecule has 0 atom stereocenters. The van der Waals surface area contributed by atoms with Crippen molar-refractivity contribution in [3.63, 3.8) is 0 Å². The van der Waals surface area contributed by atoms with Gasteiger partial charge in [0, 0.05) is 18.5 Å². The summed E-state index contributed by atoms with van der Waals surface area (Å²) in [5, 5.41) is 2.56. The molecule has 0 aromatic rings. The first kappa shape index (κ1) is 22.8. The molecular weight excluding hydrogens is 382 g/mol. The zero-order valence-corrected chi connectivity index (χ0v) is 17.2. The van der Waals surface area contributed by atoms with E-state index in [0.29, 0.717) is 30.3 Å². The van der Waals surface area contributed by atoms with Crippen LogP contribution in [0.1, 0.15) is 25.7 Å². The van der Waals surface area contributed by atoms with Crippen LogP contribution in [0.5, 0.6) is 0 Å². The number of hydrogen-bond donors (Lipinski definition) is 1. The maximum absolute atomic E-state index is 11.3.